The monoisotopic (exact) mass is 365 g/mol. The first-order valence-electron chi connectivity index (χ1n) is 10.6. The minimum absolute atomic E-state index is 0.145. The van der Waals surface area contributed by atoms with Gasteiger partial charge in [-0.1, -0.05) is 44.4 Å². The van der Waals surface area contributed by atoms with Crippen molar-refractivity contribution >= 4 is 22.6 Å². The largest absolute Gasteiger partial charge is 0.356 e. The molecule has 1 aromatic heterocycles. The molecule has 1 aliphatic heterocycles. The zero-order valence-electron chi connectivity index (χ0n) is 16.7. The molecular weight excluding hydrogens is 334 g/mol. The van der Waals surface area contributed by atoms with Crippen LogP contribution in [0.5, 0.6) is 0 Å². The maximum Gasteiger partial charge on any atom is 0.254 e. The summed E-state index contributed by atoms with van der Waals surface area (Å²) in [5.41, 5.74) is 1.73. The molecule has 27 heavy (non-hydrogen) atoms. The highest BCUT2D eigenvalue weighted by atomic mass is 16.2. The number of hydrogen-bond donors (Lipinski definition) is 0. The van der Waals surface area contributed by atoms with Gasteiger partial charge < -0.3 is 9.80 Å². The van der Waals surface area contributed by atoms with Gasteiger partial charge in [-0.05, 0) is 43.7 Å². The predicted octanol–water partition coefficient (Wildman–Crippen LogP) is 4.88. The fourth-order valence-corrected chi connectivity index (χ4v) is 4.72. The van der Waals surface area contributed by atoms with E-state index in [1.54, 1.807) is 0 Å². The maximum absolute atomic E-state index is 13.4. The van der Waals surface area contributed by atoms with E-state index in [4.69, 9.17) is 4.98 Å². The van der Waals surface area contributed by atoms with Crippen LogP contribution in [0.15, 0.2) is 30.3 Å². The van der Waals surface area contributed by atoms with E-state index in [-0.39, 0.29) is 5.91 Å². The molecule has 1 saturated heterocycles. The number of carbonyl (C=O) groups is 1. The topological polar surface area (TPSA) is 36.4 Å². The lowest BCUT2D eigenvalue weighted by atomic mass is 9.94. The van der Waals surface area contributed by atoms with Crippen molar-refractivity contribution in [1.29, 1.82) is 0 Å². The highest BCUT2D eigenvalue weighted by Gasteiger charge is 2.26. The first kappa shape index (κ1) is 18.3. The average molecular weight is 366 g/mol. The molecule has 1 aromatic carbocycles. The van der Waals surface area contributed by atoms with Gasteiger partial charge in [0.05, 0.1) is 11.1 Å². The van der Waals surface area contributed by atoms with E-state index >= 15 is 0 Å². The molecular formula is C23H31N3O. The number of rotatable bonds is 3. The molecule has 2 heterocycles. The second-order valence-corrected chi connectivity index (χ2v) is 8.45. The van der Waals surface area contributed by atoms with E-state index in [1.165, 1.54) is 32.1 Å². The number of para-hydroxylation sites is 1. The number of anilines is 1. The molecule has 0 N–H and O–H groups in total. The van der Waals surface area contributed by atoms with Crippen molar-refractivity contribution in [3.63, 3.8) is 0 Å². The van der Waals surface area contributed by atoms with Crippen LogP contribution in [0.4, 0.5) is 5.82 Å². The molecule has 1 amide bonds. The van der Waals surface area contributed by atoms with Crippen molar-refractivity contribution in [1.82, 2.24) is 9.88 Å². The molecule has 0 spiro atoms. The number of nitrogens with zero attached hydrogens (tertiary/aromatic N) is 3. The third kappa shape index (κ3) is 3.80. The van der Waals surface area contributed by atoms with E-state index in [2.05, 4.69) is 11.8 Å². The number of hydrogen-bond acceptors (Lipinski definition) is 3. The number of benzene rings is 1. The van der Waals surface area contributed by atoms with E-state index in [1.807, 2.05) is 42.3 Å². The summed E-state index contributed by atoms with van der Waals surface area (Å²) >= 11 is 0. The van der Waals surface area contributed by atoms with Crippen LogP contribution in [0.1, 0.15) is 62.2 Å². The zero-order valence-corrected chi connectivity index (χ0v) is 16.7. The Morgan fingerprint density at radius 3 is 2.67 bits per heavy atom. The van der Waals surface area contributed by atoms with Crippen LogP contribution in [0.2, 0.25) is 0 Å². The van der Waals surface area contributed by atoms with Crippen LogP contribution in [0.25, 0.3) is 10.9 Å². The summed E-state index contributed by atoms with van der Waals surface area (Å²) in [6.07, 6.45) is 8.49. The first-order valence-corrected chi connectivity index (χ1v) is 10.6. The third-order valence-electron chi connectivity index (χ3n) is 6.36. The molecule has 1 aliphatic carbocycles. The van der Waals surface area contributed by atoms with Gasteiger partial charge in [0.1, 0.15) is 5.82 Å². The molecule has 1 saturated carbocycles. The lowest BCUT2D eigenvalue weighted by Gasteiger charge is -2.33. The van der Waals surface area contributed by atoms with Crippen molar-refractivity contribution in [2.45, 2.75) is 57.9 Å². The highest BCUT2D eigenvalue weighted by Crippen LogP contribution is 2.29. The average Bonchev–Trinajstić information content (AvgIpc) is 2.72. The van der Waals surface area contributed by atoms with Crippen LogP contribution >= 0.6 is 0 Å². The Bertz CT molecular complexity index is 812. The van der Waals surface area contributed by atoms with Crippen molar-refractivity contribution in [3.8, 4) is 0 Å². The smallest absolute Gasteiger partial charge is 0.254 e. The minimum Gasteiger partial charge on any atom is -0.356 e. The fraction of sp³-hybridized carbons (Fsp3) is 0.565. The summed E-state index contributed by atoms with van der Waals surface area (Å²) in [6, 6.07) is 10.5. The lowest BCUT2D eigenvalue weighted by Crippen LogP contribution is -2.39. The lowest BCUT2D eigenvalue weighted by molar-refractivity contribution is 0.0698. The van der Waals surface area contributed by atoms with Crippen molar-refractivity contribution < 1.29 is 4.79 Å². The maximum atomic E-state index is 13.4. The van der Waals surface area contributed by atoms with E-state index in [0.717, 1.165) is 48.2 Å². The summed E-state index contributed by atoms with van der Waals surface area (Å²) in [4.78, 5) is 22.7. The first-order chi connectivity index (χ1) is 13.1. The van der Waals surface area contributed by atoms with Gasteiger partial charge in [-0.3, -0.25) is 4.79 Å². The van der Waals surface area contributed by atoms with Gasteiger partial charge >= 0.3 is 0 Å². The summed E-state index contributed by atoms with van der Waals surface area (Å²) in [5, 5.41) is 0.971. The molecule has 4 rings (SSSR count). The van der Waals surface area contributed by atoms with Gasteiger partial charge in [0.25, 0.3) is 5.91 Å². The SMILES string of the molecule is C[C@H]1CCCN(c2cc(C(=O)N(C)C3CCCCC3)c3ccccc3n2)C1. The van der Waals surface area contributed by atoms with E-state index < -0.39 is 0 Å². The predicted molar refractivity (Wildman–Crippen MR) is 111 cm³/mol. The van der Waals surface area contributed by atoms with E-state index in [0.29, 0.717) is 12.0 Å². The number of carbonyl (C=O) groups excluding carboxylic acids is 1. The van der Waals surface area contributed by atoms with Gasteiger partial charge in [-0.2, -0.15) is 0 Å². The van der Waals surface area contributed by atoms with E-state index in [9.17, 15) is 4.79 Å². The van der Waals surface area contributed by atoms with Crippen molar-refractivity contribution in [3.05, 3.63) is 35.9 Å². The van der Waals surface area contributed by atoms with Gasteiger partial charge in [0.2, 0.25) is 0 Å². The Morgan fingerprint density at radius 2 is 1.89 bits per heavy atom. The summed E-state index contributed by atoms with van der Waals surface area (Å²) in [5.74, 6) is 1.78. The summed E-state index contributed by atoms with van der Waals surface area (Å²) < 4.78 is 0. The molecule has 0 radical (unpaired) electrons. The zero-order chi connectivity index (χ0) is 18.8. The Balaban J connectivity index is 1.70. The Morgan fingerprint density at radius 1 is 1.11 bits per heavy atom. The molecule has 4 nitrogen and oxygen atoms in total. The molecule has 1 atom stereocenters. The van der Waals surface area contributed by atoms with Crippen LogP contribution < -0.4 is 4.90 Å². The van der Waals surface area contributed by atoms with Crippen LogP contribution in [0.3, 0.4) is 0 Å². The second-order valence-electron chi connectivity index (χ2n) is 8.45. The normalized spacial score (nSPS) is 21.4. The second kappa shape index (κ2) is 7.87. The van der Waals surface area contributed by atoms with Gasteiger partial charge in [0.15, 0.2) is 0 Å². The Kier molecular flexibility index (Phi) is 5.33. The third-order valence-corrected chi connectivity index (χ3v) is 6.36. The molecule has 0 bridgehead atoms. The Hall–Kier alpha value is -2.10. The standard InChI is InChI=1S/C23H31N3O/c1-17-9-8-14-26(16-17)22-15-20(19-12-6-7-13-21(19)24-22)23(27)25(2)18-10-4-3-5-11-18/h6-7,12-13,15,17-18H,3-5,8-11,14,16H2,1-2H3/t17-/m0/s1. The Labute approximate surface area is 162 Å². The minimum atomic E-state index is 0.145. The fourth-order valence-electron chi connectivity index (χ4n) is 4.72. The van der Waals surface area contributed by atoms with Crippen molar-refractivity contribution in [2.75, 3.05) is 25.0 Å². The number of piperidine rings is 1. The molecule has 0 unspecified atom stereocenters. The van der Waals surface area contributed by atoms with Crippen LogP contribution in [0, 0.1) is 5.92 Å². The van der Waals surface area contributed by atoms with Crippen LogP contribution in [-0.4, -0.2) is 42.0 Å². The number of fused-ring (bicyclic) bond motifs is 1. The number of amides is 1. The van der Waals surface area contributed by atoms with Crippen molar-refractivity contribution in [2.24, 2.45) is 5.92 Å². The summed E-state index contributed by atoms with van der Waals surface area (Å²) in [6.45, 7) is 4.36. The molecule has 144 valence electrons. The highest BCUT2D eigenvalue weighted by molar-refractivity contribution is 6.07. The number of aromatic nitrogens is 1. The molecule has 2 fully saturated rings. The quantitative estimate of drug-likeness (QED) is 0.778. The van der Waals surface area contributed by atoms with Gasteiger partial charge in [-0.25, -0.2) is 4.98 Å². The van der Waals surface area contributed by atoms with Gasteiger partial charge in [0, 0.05) is 31.6 Å². The molecule has 2 aromatic rings. The molecule has 2 aliphatic rings. The van der Waals surface area contributed by atoms with Gasteiger partial charge in [-0.15, -0.1) is 0 Å². The number of pyridine rings is 1. The summed E-state index contributed by atoms with van der Waals surface area (Å²) in [7, 11) is 1.98. The van der Waals surface area contributed by atoms with Crippen LogP contribution in [-0.2, 0) is 0 Å². The molecule has 4 heteroatoms.